The van der Waals surface area contributed by atoms with Gasteiger partial charge in [0, 0.05) is 25.6 Å². The number of carbonyl (C=O) groups is 1. The second kappa shape index (κ2) is 6.02. The van der Waals surface area contributed by atoms with Crippen LogP contribution in [0, 0.1) is 0 Å². The van der Waals surface area contributed by atoms with E-state index >= 15 is 0 Å². The van der Waals surface area contributed by atoms with Crippen LogP contribution >= 0.6 is 0 Å². The molecule has 1 heterocycles. The van der Waals surface area contributed by atoms with Crippen molar-refractivity contribution in [2.45, 2.75) is 51.5 Å². The Morgan fingerprint density at radius 3 is 2.93 bits per heavy atom. The second-order valence-corrected chi connectivity index (χ2v) is 4.11. The Morgan fingerprint density at radius 1 is 1.43 bits per heavy atom. The fourth-order valence-electron chi connectivity index (χ4n) is 2.02. The summed E-state index contributed by atoms with van der Waals surface area (Å²) in [6.07, 6.45) is 5.85. The van der Waals surface area contributed by atoms with E-state index in [4.69, 9.17) is 5.11 Å². The molecule has 0 aliphatic carbocycles. The Hall–Kier alpha value is -0.570. The number of amides is 1. The molecule has 1 N–H and O–H groups in total. The molecule has 3 nitrogen and oxygen atoms in total. The zero-order chi connectivity index (χ0) is 10.4. The highest BCUT2D eigenvalue weighted by Crippen LogP contribution is 2.17. The van der Waals surface area contributed by atoms with Gasteiger partial charge in [-0.05, 0) is 26.2 Å². The van der Waals surface area contributed by atoms with E-state index < -0.39 is 0 Å². The van der Waals surface area contributed by atoms with Crippen LogP contribution in [0.4, 0.5) is 0 Å². The van der Waals surface area contributed by atoms with Crippen molar-refractivity contribution < 1.29 is 9.90 Å². The first kappa shape index (κ1) is 11.5. The van der Waals surface area contributed by atoms with Gasteiger partial charge in [-0.25, -0.2) is 0 Å². The number of carbonyl (C=O) groups excluding carboxylic acids is 1. The maximum atomic E-state index is 11.7. The van der Waals surface area contributed by atoms with Gasteiger partial charge < -0.3 is 10.0 Å². The summed E-state index contributed by atoms with van der Waals surface area (Å²) in [6.45, 7) is 3.15. The predicted molar refractivity (Wildman–Crippen MR) is 56.0 cm³/mol. The van der Waals surface area contributed by atoms with Gasteiger partial charge in [0.25, 0.3) is 0 Å². The fraction of sp³-hybridized carbons (Fsp3) is 0.909. The molecule has 0 radical (unpaired) electrons. The van der Waals surface area contributed by atoms with Crippen LogP contribution in [0.5, 0.6) is 0 Å². The van der Waals surface area contributed by atoms with Crippen LogP contribution in [0.25, 0.3) is 0 Å². The van der Waals surface area contributed by atoms with Gasteiger partial charge in [-0.1, -0.05) is 12.8 Å². The molecule has 1 fully saturated rings. The third-order valence-electron chi connectivity index (χ3n) is 2.92. The summed E-state index contributed by atoms with van der Waals surface area (Å²) in [7, 11) is 0. The lowest BCUT2D eigenvalue weighted by Crippen LogP contribution is -2.38. The average molecular weight is 199 g/mol. The molecule has 0 aromatic rings. The van der Waals surface area contributed by atoms with Crippen LogP contribution in [-0.2, 0) is 4.79 Å². The van der Waals surface area contributed by atoms with Gasteiger partial charge in [0.2, 0.25) is 5.91 Å². The van der Waals surface area contributed by atoms with Crippen molar-refractivity contribution in [1.82, 2.24) is 4.90 Å². The largest absolute Gasteiger partial charge is 0.396 e. The molecule has 1 unspecified atom stereocenters. The molecule has 0 spiro atoms. The molecule has 82 valence electrons. The molecule has 1 rings (SSSR count). The van der Waals surface area contributed by atoms with Crippen molar-refractivity contribution in [1.29, 1.82) is 0 Å². The van der Waals surface area contributed by atoms with Crippen LogP contribution in [-0.4, -0.2) is 35.1 Å². The first-order valence-electron chi connectivity index (χ1n) is 5.66. The zero-order valence-corrected chi connectivity index (χ0v) is 9.04. The van der Waals surface area contributed by atoms with Crippen LogP contribution in [0.15, 0.2) is 0 Å². The molecule has 0 saturated carbocycles. The van der Waals surface area contributed by atoms with Gasteiger partial charge in [-0.2, -0.15) is 0 Å². The Balaban J connectivity index is 2.41. The van der Waals surface area contributed by atoms with E-state index in [1.807, 2.05) is 4.90 Å². The first-order chi connectivity index (χ1) is 6.75. The van der Waals surface area contributed by atoms with Crippen LogP contribution in [0.2, 0.25) is 0 Å². The van der Waals surface area contributed by atoms with E-state index in [1.165, 1.54) is 12.8 Å². The fourth-order valence-corrected chi connectivity index (χ4v) is 2.02. The number of aliphatic hydroxyl groups is 1. The minimum atomic E-state index is 0.119. The van der Waals surface area contributed by atoms with Crippen molar-refractivity contribution >= 4 is 5.91 Å². The quantitative estimate of drug-likeness (QED) is 0.749. The highest BCUT2D eigenvalue weighted by atomic mass is 16.3. The zero-order valence-electron chi connectivity index (χ0n) is 9.04. The molecule has 0 aromatic heterocycles. The maximum Gasteiger partial charge on any atom is 0.222 e. The van der Waals surface area contributed by atoms with E-state index in [1.54, 1.807) is 0 Å². The van der Waals surface area contributed by atoms with E-state index in [-0.39, 0.29) is 12.5 Å². The molecule has 1 amide bonds. The summed E-state index contributed by atoms with van der Waals surface area (Å²) < 4.78 is 0. The van der Waals surface area contributed by atoms with Gasteiger partial charge in [0.05, 0.1) is 0 Å². The minimum absolute atomic E-state index is 0.119. The third-order valence-corrected chi connectivity index (χ3v) is 2.92. The Bertz CT molecular complexity index is 182. The minimum Gasteiger partial charge on any atom is -0.396 e. The molecule has 3 heteroatoms. The Labute approximate surface area is 86.1 Å². The summed E-state index contributed by atoms with van der Waals surface area (Å²) in [5.41, 5.74) is 0. The standard InChI is InChI=1S/C11H21NO2/c1-10-6-3-2-4-8-12(10)11(14)7-5-9-13/h10,13H,2-9H2,1H3. The maximum absolute atomic E-state index is 11.7. The summed E-state index contributed by atoms with van der Waals surface area (Å²) in [4.78, 5) is 13.7. The lowest BCUT2D eigenvalue weighted by Gasteiger charge is -2.27. The average Bonchev–Trinajstić information content (AvgIpc) is 2.39. The van der Waals surface area contributed by atoms with Crippen LogP contribution in [0.3, 0.4) is 0 Å². The molecular formula is C11H21NO2. The van der Waals surface area contributed by atoms with Crippen LogP contribution < -0.4 is 0 Å². The number of aliphatic hydroxyl groups excluding tert-OH is 1. The Kier molecular flexibility index (Phi) is 4.94. The van der Waals surface area contributed by atoms with Gasteiger partial charge in [-0.15, -0.1) is 0 Å². The molecule has 14 heavy (non-hydrogen) atoms. The highest BCUT2D eigenvalue weighted by Gasteiger charge is 2.20. The van der Waals surface area contributed by atoms with Crippen molar-refractivity contribution in [2.75, 3.05) is 13.2 Å². The topological polar surface area (TPSA) is 40.5 Å². The van der Waals surface area contributed by atoms with Crippen molar-refractivity contribution in [3.8, 4) is 0 Å². The van der Waals surface area contributed by atoms with Gasteiger partial charge in [-0.3, -0.25) is 4.79 Å². The summed E-state index contributed by atoms with van der Waals surface area (Å²) in [5, 5.41) is 8.66. The van der Waals surface area contributed by atoms with Gasteiger partial charge in [0.1, 0.15) is 0 Å². The summed E-state index contributed by atoms with van der Waals surface area (Å²) in [6, 6.07) is 0.392. The lowest BCUT2D eigenvalue weighted by molar-refractivity contribution is -0.133. The summed E-state index contributed by atoms with van der Waals surface area (Å²) >= 11 is 0. The molecule has 0 aromatic carbocycles. The highest BCUT2D eigenvalue weighted by molar-refractivity contribution is 5.76. The molecule has 1 saturated heterocycles. The number of nitrogens with zero attached hydrogens (tertiary/aromatic N) is 1. The normalized spacial score (nSPS) is 23.3. The molecule has 1 atom stereocenters. The molecule has 1 aliphatic heterocycles. The number of rotatable bonds is 3. The van der Waals surface area contributed by atoms with Crippen molar-refractivity contribution in [3.63, 3.8) is 0 Å². The van der Waals surface area contributed by atoms with Gasteiger partial charge >= 0.3 is 0 Å². The van der Waals surface area contributed by atoms with Gasteiger partial charge in [0.15, 0.2) is 0 Å². The smallest absolute Gasteiger partial charge is 0.222 e. The number of likely N-dealkylation sites (tertiary alicyclic amines) is 1. The summed E-state index contributed by atoms with van der Waals surface area (Å²) in [5.74, 6) is 0.216. The van der Waals surface area contributed by atoms with E-state index in [9.17, 15) is 4.79 Å². The SMILES string of the molecule is CC1CCCCCN1C(=O)CCCO. The second-order valence-electron chi connectivity index (χ2n) is 4.11. The third kappa shape index (κ3) is 3.29. The van der Waals surface area contributed by atoms with E-state index in [0.29, 0.717) is 18.9 Å². The lowest BCUT2D eigenvalue weighted by atomic mass is 10.1. The molecular weight excluding hydrogens is 178 g/mol. The predicted octanol–water partition coefficient (Wildman–Crippen LogP) is 1.55. The first-order valence-corrected chi connectivity index (χ1v) is 5.66. The monoisotopic (exact) mass is 199 g/mol. The van der Waals surface area contributed by atoms with Crippen molar-refractivity contribution in [2.24, 2.45) is 0 Å². The van der Waals surface area contributed by atoms with E-state index in [2.05, 4.69) is 6.92 Å². The number of hydrogen-bond donors (Lipinski definition) is 1. The van der Waals surface area contributed by atoms with E-state index in [0.717, 1.165) is 19.4 Å². The Morgan fingerprint density at radius 2 is 2.21 bits per heavy atom. The molecule has 1 aliphatic rings. The van der Waals surface area contributed by atoms with Crippen LogP contribution in [0.1, 0.15) is 45.4 Å². The molecule has 0 bridgehead atoms. The van der Waals surface area contributed by atoms with Crippen molar-refractivity contribution in [3.05, 3.63) is 0 Å². The number of hydrogen-bond acceptors (Lipinski definition) is 2.